The van der Waals surface area contributed by atoms with Crippen molar-refractivity contribution in [1.29, 1.82) is 0 Å². The molecule has 2 aliphatic rings. The van der Waals surface area contributed by atoms with Crippen molar-refractivity contribution in [1.82, 2.24) is 9.21 Å². The van der Waals surface area contributed by atoms with E-state index in [9.17, 15) is 13.2 Å². The zero-order valence-corrected chi connectivity index (χ0v) is 17.0. The van der Waals surface area contributed by atoms with E-state index in [1.54, 1.807) is 16.4 Å². The number of rotatable bonds is 5. The van der Waals surface area contributed by atoms with Crippen molar-refractivity contribution in [2.45, 2.75) is 55.7 Å². The van der Waals surface area contributed by atoms with Crippen LogP contribution in [0.4, 0.5) is 0 Å². The molecule has 26 heavy (non-hydrogen) atoms. The Hall–Kier alpha value is -0.960. The lowest BCUT2D eigenvalue weighted by Crippen LogP contribution is -2.43. The zero-order valence-electron chi connectivity index (χ0n) is 15.4. The number of sulfonamides is 1. The van der Waals surface area contributed by atoms with Crippen molar-refractivity contribution in [2.24, 2.45) is 11.7 Å². The van der Waals surface area contributed by atoms with Crippen LogP contribution in [0.5, 0.6) is 0 Å². The van der Waals surface area contributed by atoms with Gasteiger partial charge in [-0.15, -0.1) is 11.3 Å². The highest BCUT2D eigenvalue weighted by Gasteiger charge is 2.28. The van der Waals surface area contributed by atoms with Gasteiger partial charge in [0.05, 0.1) is 6.42 Å². The molecule has 2 N–H and O–H groups in total. The molecule has 2 fully saturated rings. The second-order valence-electron chi connectivity index (χ2n) is 7.44. The maximum Gasteiger partial charge on any atom is 0.252 e. The van der Waals surface area contributed by atoms with E-state index >= 15 is 0 Å². The summed E-state index contributed by atoms with van der Waals surface area (Å²) in [6.45, 7) is 4.72. The first-order valence-corrected chi connectivity index (χ1v) is 11.8. The standard InChI is InChI=1S/C18H29N3O3S2/c1-14(19)15-7-11-20(12-8-15)17(22)13-16-5-6-18(25-16)26(23,24)21-9-3-2-4-10-21/h5-6,14-15H,2-4,7-13,19H2,1H3. The molecule has 0 saturated carbocycles. The molecule has 2 saturated heterocycles. The highest BCUT2D eigenvalue weighted by Crippen LogP contribution is 2.28. The van der Waals surface area contributed by atoms with Gasteiger partial charge in [0, 0.05) is 37.1 Å². The minimum atomic E-state index is -3.41. The van der Waals surface area contributed by atoms with Crippen LogP contribution in [-0.4, -0.2) is 55.8 Å². The van der Waals surface area contributed by atoms with Crippen LogP contribution < -0.4 is 5.73 Å². The quantitative estimate of drug-likeness (QED) is 0.821. The Morgan fingerprint density at radius 3 is 2.46 bits per heavy atom. The molecular formula is C18H29N3O3S2. The third-order valence-electron chi connectivity index (χ3n) is 5.51. The minimum absolute atomic E-state index is 0.0805. The van der Waals surface area contributed by atoms with E-state index in [0.717, 1.165) is 50.1 Å². The summed E-state index contributed by atoms with van der Waals surface area (Å²) in [7, 11) is -3.41. The fourth-order valence-electron chi connectivity index (χ4n) is 3.76. The average Bonchev–Trinajstić information content (AvgIpc) is 3.12. The Morgan fingerprint density at radius 2 is 1.85 bits per heavy atom. The number of hydrogen-bond donors (Lipinski definition) is 1. The van der Waals surface area contributed by atoms with E-state index in [1.165, 1.54) is 11.3 Å². The van der Waals surface area contributed by atoms with E-state index in [1.807, 2.05) is 11.8 Å². The van der Waals surface area contributed by atoms with Crippen molar-refractivity contribution in [3.63, 3.8) is 0 Å². The number of carbonyl (C=O) groups excluding carboxylic acids is 1. The third kappa shape index (κ3) is 4.47. The molecule has 1 aromatic rings. The van der Waals surface area contributed by atoms with Crippen LogP contribution in [0.2, 0.25) is 0 Å². The average molecular weight is 400 g/mol. The largest absolute Gasteiger partial charge is 0.342 e. The summed E-state index contributed by atoms with van der Waals surface area (Å²) in [5.41, 5.74) is 5.95. The molecule has 8 heteroatoms. The Bertz CT molecular complexity index is 716. The van der Waals surface area contributed by atoms with Crippen LogP contribution in [-0.2, 0) is 21.2 Å². The number of thiophene rings is 1. The monoisotopic (exact) mass is 399 g/mol. The van der Waals surface area contributed by atoms with Gasteiger partial charge >= 0.3 is 0 Å². The maximum atomic E-state index is 12.7. The normalized spacial score (nSPS) is 21.7. The Kier molecular flexibility index (Phi) is 6.37. The topological polar surface area (TPSA) is 83.7 Å². The molecule has 0 bridgehead atoms. The van der Waals surface area contributed by atoms with Gasteiger partial charge in [0.2, 0.25) is 5.91 Å². The van der Waals surface area contributed by atoms with Crippen LogP contribution in [0, 0.1) is 5.92 Å². The van der Waals surface area contributed by atoms with E-state index in [2.05, 4.69) is 0 Å². The van der Waals surface area contributed by atoms with Crippen LogP contribution in [0.15, 0.2) is 16.3 Å². The van der Waals surface area contributed by atoms with Gasteiger partial charge in [0.1, 0.15) is 4.21 Å². The second kappa shape index (κ2) is 8.37. The summed E-state index contributed by atoms with van der Waals surface area (Å²) in [5, 5.41) is 0. The summed E-state index contributed by atoms with van der Waals surface area (Å²) in [6, 6.07) is 3.61. The van der Waals surface area contributed by atoms with Crippen LogP contribution in [0.3, 0.4) is 0 Å². The summed E-state index contributed by atoms with van der Waals surface area (Å²) >= 11 is 1.23. The van der Waals surface area contributed by atoms with Gasteiger partial charge in [-0.05, 0) is 50.7 Å². The molecule has 1 atom stereocenters. The molecule has 3 heterocycles. The number of hydrogen-bond acceptors (Lipinski definition) is 5. The molecular weight excluding hydrogens is 370 g/mol. The molecule has 1 aromatic heterocycles. The van der Waals surface area contributed by atoms with Gasteiger partial charge in [-0.1, -0.05) is 6.42 Å². The summed E-state index contributed by atoms with van der Waals surface area (Å²) in [6.07, 6.45) is 5.12. The number of likely N-dealkylation sites (tertiary alicyclic amines) is 1. The first-order valence-electron chi connectivity index (χ1n) is 9.50. The molecule has 0 aliphatic carbocycles. The van der Waals surface area contributed by atoms with Gasteiger partial charge < -0.3 is 10.6 Å². The molecule has 0 spiro atoms. The Balaban J connectivity index is 1.59. The van der Waals surface area contributed by atoms with Gasteiger partial charge in [-0.3, -0.25) is 4.79 Å². The molecule has 0 aromatic carbocycles. The molecule has 146 valence electrons. The van der Waals surface area contributed by atoms with E-state index in [4.69, 9.17) is 5.73 Å². The molecule has 6 nitrogen and oxygen atoms in total. The fraction of sp³-hybridized carbons (Fsp3) is 0.722. The lowest BCUT2D eigenvalue weighted by Gasteiger charge is -2.33. The Labute approximate surface area is 160 Å². The maximum absolute atomic E-state index is 12.7. The highest BCUT2D eigenvalue weighted by molar-refractivity contribution is 7.91. The third-order valence-corrected chi connectivity index (χ3v) is 8.96. The molecule has 2 aliphatic heterocycles. The molecule has 1 unspecified atom stereocenters. The Morgan fingerprint density at radius 1 is 1.19 bits per heavy atom. The lowest BCUT2D eigenvalue weighted by atomic mass is 9.91. The number of nitrogens with two attached hydrogens (primary N) is 1. The summed E-state index contributed by atoms with van der Waals surface area (Å²) in [5.74, 6) is 0.568. The lowest BCUT2D eigenvalue weighted by molar-refractivity contribution is -0.131. The predicted octanol–water partition coefficient (Wildman–Crippen LogP) is 2.05. The predicted molar refractivity (Wildman–Crippen MR) is 104 cm³/mol. The van der Waals surface area contributed by atoms with Gasteiger partial charge in [-0.2, -0.15) is 4.31 Å². The second-order valence-corrected chi connectivity index (χ2v) is 10.8. The van der Waals surface area contributed by atoms with E-state index < -0.39 is 10.0 Å². The van der Waals surface area contributed by atoms with Crippen molar-refractivity contribution in [3.05, 3.63) is 17.0 Å². The van der Waals surface area contributed by atoms with Crippen molar-refractivity contribution < 1.29 is 13.2 Å². The highest BCUT2D eigenvalue weighted by atomic mass is 32.2. The smallest absolute Gasteiger partial charge is 0.252 e. The van der Waals surface area contributed by atoms with Gasteiger partial charge in [0.25, 0.3) is 10.0 Å². The number of carbonyl (C=O) groups is 1. The first-order chi connectivity index (χ1) is 12.4. The minimum Gasteiger partial charge on any atom is -0.342 e. The van der Waals surface area contributed by atoms with Crippen molar-refractivity contribution in [2.75, 3.05) is 26.2 Å². The summed E-state index contributed by atoms with van der Waals surface area (Å²) in [4.78, 5) is 15.3. The molecule has 0 radical (unpaired) electrons. The van der Waals surface area contributed by atoms with E-state index in [0.29, 0.717) is 23.2 Å². The van der Waals surface area contributed by atoms with Crippen LogP contribution >= 0.6 is 11.3 Å². The fourth-order valence-corrected chi connectivity index (χ4v) is 6.78. The van der Waals surface area contributed by atoms with Crippen LogP contribution in [0.25, 0.3) is 0 Å². The van der Waals surface area contributed by atoms with Gasteiger partial charge in [0.15, 0.2) is 0 Å². The number of amides is 1. The first kappa shape index (κ1) is 19.8. The zero-order chi connectivity index (χ0) is 18.7. The molecule has 1 amide bonds. The molecule has 3 rings (SSSR count). The van der Waals surface area contributed by atoms with Crippen molar-refractivity contribution >= 4 is 27.3 Å². The number of nitrogens with zero attached hydrogens (tertiary/aromatic N) is 2. The van der Waals surface area contributed by atoms with Gasteiger partial charge in [-0.25, -0.2) is 8.42 Å². The van der Waals surface area contributed by atoms with E-state index in [-0.39, 0.29) is 18.4 Å². The van der Waals surface area contributed by atoms with Crippen LogP contribution in [0.1, 0.15) is 43.9 Å². The van der Waals surface area contributed by atoms with Crippen molar-refractivity contribution in [3.8, 4) is 0 Å². The number of piperidine rings is 2. The SMILES string of the molecule is CC(N)C1CCN(C(=O)Cc2ccc(S(=O)(=O)N3CCCCC3)s2)CC1. The summed E-state index contributed by atoms with van der Waals surface area (Å²) < 4.78 is 27.4.